The molecule has 0 bridgehead atoms. The molecule has 0 N–H and O–H groups in total. The number of carbonyl (C=O) groups excluding carboxylic acids is 1. The summed E-state index contributed by atoms with van der Waals surface area (Å²) in [7, 11) is 1.36. The maximum atomic E-state index is 12.1. The predicted molar refractivity (Wildman–Crippen MR) is 94.9 cm³/mol. The zero-order chi connectivity index (χ0) is 16.7. The normalized spacial score (nSPS) is 11.1. The van der Waals surface area contributed by atoms with E-state index in [1.807, 2.05) is 60.7 Å². The van der Waals surface area contributed by atoms with Crippen molar-refractivity contribution < 1.29 is 9.53 Å². The summed E-state index contributed by atoms with van der Waals surface area (Å²) in [5, 5.41) is 7.89. The van der Waals surface area contributed by atoms with Crippen molar-refractivity contribution >= 4 is 39.2 Å². The molecule has 0 aliphatic heterocycles. The molecule has 24 heavy (non-hydrogen) atoms. The highest BCUT2D eigenvalue weighted by Gasteiger charge is 2.20. The van der Waals surface area contributed by atoms with Gasteiger partial charge in [-0.3, -0.25) is 0 Å². The number of carbonyl (C=O) groups is 1. The maximum Gasteiger partial charge on any atom is 0.359 e. The summed E-state index contributed by atoms with van der Waals surface area (Å²) in [5.41, 5.74) is 2.03. The van der Waals surface area contributed by atoms with Gasteiger partial charge in [-0.05, 0) is 35.7 Å². The van der Waals surface area contributed by atoms with Crippen LogP contribution in [0.1, 0.15) is 10.5 Å². The predicted octanol–water partition coefficient (Wildman–Crippen LogP) is 4.62. The van der Waals surface area contributed by atoms with Gasteiger partial charge < -0.3 is 4.74 Å². The number of para-hydroxylation sites is 1. The lowest BCUT2D eigenvalue weighted by Crippen LogP contribution is -2.04. The number of methoxy groups -OCH3 is 1. The van der Waals surface area contributed by atoms with E-state index < -0.39 is 5.97 Å². The monoisotopic (exact) mass is 336 g/mol. The van der Waals surface area contributed by atoms with Gasteiger partial charge in [0.2, 0.25) is 0 Å². The van der Waals surface area contributed by atoms with Crippen molar-refractivity contribution in [2.75, 3.05) is 7.11 Å². The Morgan fingerprint density at radius 2 is 1.79 bits per heavy atom. The highest BCUT2D eigenvalue weighted by atomic mass is 35.5. The number of benzene rings is 3. The Bertz CT molecular complexity index is 1070. The first-order valence-electron chi connectivity index (χ1n) is 7.44. The van der Waals surface area contributed by atoms with Gasteiger partial charge in [0.05, 0.1) is 18.3 Å². The first kappa shape index (κ1) is 14.7. The topological polar surface area (TPSA) is 44.1 Å². The number of hydrogen-bond acceptors (Lipinski definition) is 3. The van der Waals surface area contributed by atoms with Crippen LogP contribution in [0.3, 0.4) is 0 Å². The molecule has 0 fully saturated rings. The number of aromatic nitrogens is 2. The molecule has 1 heterocycles. The van der Waals surface area contributed by atoms with Crippen LogP contribution in [0.4, 0.5) is 0 Å². The molecule has 118 valence electrons. The Balaban J connectivity index is 2.15. The molecule has 0 aliphatic rings. The molecular weight excluding hydrogens is 324 g/mol. The zero-order valence-electron chi connectivity index (χ0n) is 12.9. The molecular formula is C19H13ClN2O2. The summed E-state index contributed by atoms with van der Waals surface area (Å²) in [6, 6.07) is 19.2. The van der Waals surface area contributed by atoms with E-state index in [4.69, 9.17) is 16.3 Å². The van der Waals surface area contributed by atoms with Crippen molar-refractivity contribution in [2.24, 2.45) is 0 Å². The van der Waals surface area contributed by atoms with Crippen LogP contribution in [0.2, 0.25) is 5.02 Å². The van der Waals surface area contributed by atoms with Gasteiger partial charge in [0.15, 0.2) is 5.69 Å². The first-order chi connectivity index (χ1) is 11.7. The van der Waals surface area contributed by atoms with Crippen LogP contribution >= 0.6 is 11.6 Å². The second-order valence-corrected chi connectivity index (χ2v) is 5.85. The summed E-state index contributed by atoms with van der Waals surface area (Å²) in [5.74, 6) is -0.456. The van der Waals surface area contributed by atoms with E-state index in [0.717, 1.165) is 27.4 Å². The van der Waals surface area contributed by atoms with Crippen molar-refractivity contribution in [2.45, 2.75) is 0 Å². The van der Waals surface area contributed by atoms with Crippen LogP contribution in [0.15, 0.2) is 60.7 Å². The molecule has 5 heteroatoms. The van der Waals surface area contributed by atoms with Gasteiger partial charge >= 0.3 is 5.97 Å². The van der Waals surface area contributed by atoms with Gasteiger partial charge in [-0.25, -0.2) is 9.48 Å². The second-order valence-electron chi connectivity index (χ2n) is 5.41. The average Bonchev–Trinajstić information content (AvgIpc) is 3.01. The van der Waals surface area contributed by atoms with Gasteiger partial charge in [-0.2, -0.15) is 5.10 Å². The number of hydrogen-bond donors (Lipinski definition) is 0. The minimum absolute atomic E-state index is 0.299. The third-order valence-corrected chi connectivity index (χ3v) is 4.23. The Morgan fingerprint density at radius 3 is 2.54 bits per heavy atom. The fourth-order valence-electron chi connectivity index (χ4n) is 2.91. The fourth-order valence-corrected chi connectivity index (χ4v) is 3.09. The first-order valence-corrected chi connectivity index (χ1v) is 7.81. The van der Waals surface area contributed by atoms with E-state index in [1.54, 1.807) is 4.68 Å². The quantitative estimate of drug-likeness (QED) is 0.502. The van der Waals surface area contributed by atoms with Crippen LogP contribution < -0.4 is 0 Å². The number of halogens is 1. The number of nitrogens with zero attached hydrogens (tertiary/aromatic N) is 2. The number of esters is 1. The minimum Gasteiger partial charge on any atom is -0.464 e. The molecule has 0 unspecified atom stereocenters. The Labute approximate surface area is 143 Å². The summed E-state index contributed by atoms with van der Waals surface area (Å²) in [6.07, 6.45) is 0. The van der Waals surface area contributed by atoms with Crippen molar-refractivity contribution in [1.29, 1.82) is 0 Å². The number of fused-ring (bicyclic) bond motifs is 3. The number of rotatable bonds is 2. The van der Waals surface area contributed by atoms with Crippen LogP contribution in [-0.4, -0.2) is 22.9 Å². The van der Waals surface area contributed by atoms with Gasteiger partial charge in [-0.15, -0.1) is 0 Å². The molecule has 4 rings (SSSR count). The van der Waals surface area contributed by atoms with Crippen LogP contribution in [0, 0.1) is 0 Å². The SMILES string of the molecule is COC(=O)c1nn(-c2ccccc2)c2c1ccc1cc(Cl)ccc12. The van der Waals surface area contributed by atoms with Crippen molar-refractivity contribution in [3.8, 4) is 5.69 Å². The smallest absolute Gasteiger partial charge is 0.359 e. The molecule has 3 aromatic carbocycles. The molecule has 0 aliphatic carbocycles. The standard InChI is InChI=1S/C19H13ClN2O2/c1-24-19(23)17-16-9-7-12-11-13(20)8-10-15(12)18(16)22(21-17)14-5-3-2-4-6-14/h2-11H,1H3. The lowest BCUT2D eigenvalue weighted by molar-refractivity contribution is 0.0595. The highest BCUT2D eigenvalue weighted by Crippen LogP contribution is 2.31. The highest BCUT2D eigenvalue weighted by molar-refractivity contribution is 6.31. The lowest BCUT2D eigenvalue weighted by atomic mass is 10.1. The molecule has 0 saturated carbocycles. The lowest BCUT2D eigenvalue weighted by Gasteiger charge is -2.06. The molecule has 0 amide bonds. The molecule has 4 aromatic rings. The van der Waals surface area contributed by atoms with Crippen LogP contribution in [0.25, 0.3) is 27.4 Å². The third-order valence-electron chi connectivity index (χ3n) is 4.00. The Kier molecular flexibility index (Phi) is 3.47. The Hall–Kier alpha value is -2.85. The third kappa shape index (κ3) is 2.23. The van der Waals surface area contributed by atoms with Crippen molar-refractivity contribution in [3.05, 3.63) is 71.4 Å². The summed E-state index contributed by atoms with van der Waals surface area (Å²) >= 11 is 6.11. The second kappa shape index (κ2) is 5.65. The van der Waals surface area contributed by atoms with Crippen molar-refractivity contribution in [3.63, 3.8) is 0 Å². The van der Waals surface area contributed by atoms with E-state index in [2.05, 4.69) is 5.10 Å². The fraction of sp³-hybridized carbons (Fsp3) is 0.0526. The summed E-state index contributed by atoms with van der Waals surface area (Å²) in [6.45, 7) is 0. The molecule has 0 saturated heterocycles. The number of ether oxygens (including phenoxy) is 1. The van der Waals surface area contributed by atoms with E-state index >= 15 is 0 Å². The Morgan fingerprint density at radius 1 is 1.04 bits per heavy atom. The van der Waals surface area contributed by atoms with Gasteiger partial charge in [0, 0.05) is 15.8 Å². The summed E-state index contributed by atoms with van der Waals surface area (Å²) in [4.78, 5) is 12.1. The van der Waals surface area contributed by atoms with E-state index in [-0.39, 0.29) is 0 Å². The van der Waals surface area contributed by atoms with E-state index in [0.29, 0.717) is 10.7 Å². The zero-order valence-corrected chi connectivity index (χ0v) is 13.6. The average molecular weight is 337 g/mol. The molecule has 4 nitrogen and oxygen atoms in total. The van der Waals surface area contributed by atoms with Gasteiger partial charge in [0.1, 0.15) is 0 Å². The molecule has 1 aromatic heterocycles. The maximum absolute atomic E-state index is 12.1. The largest absolute Gasteiger partial charge is 0.464 e. The molecule has 0 spiro atoms. The van der Waals surface area contributed by atoms with Gasteiger partial charge in [-0.1, -0.05) is 41.9 Å². The minimum atomic E-state index is -0.456. The van der Waals surface area contributed by atoms with Crippen LogP contribution in [-0.2, 0) is 4.74 Å². The summed E-state index contributed by atoms with van der Waals surface area (Å²) < 4.78 is 6.66. The van der Waals surface area contributed by atoms with E-state index in [9.17, 15) is 4.79 Å². The molecule has 0 atom stereocenters. The van der Waals surface area contributed by atoms with Crippen molar-refractivity contribution in [1.82, 2.24) is 9.78 Å². The molecule has 0 radical (unpaired) electrons. The van der Waals surface area contributed by atoms with Crippen LogP contribution in [0.5, 0.6) is 0 Å². The van der Waals surface area contributed by atoms with E-state index in [1.165, 1.54) is 7.11 Å². The van der Waals surface area contributed by atoms with Gasteiger partial charge in [0.25, 0.3) is 0 Å².